The number of sulfone groups is 1. The topological polar surface area (TPSA) is 91.8 Å². The van der Waals surface area contributed by atoms with Crippen molar-refractivity contribution in [2.45, 2.75) is 56.7 Å². The molecule has 9 heteroatoms. The summed E-state index contributed by atoms with van der Waals surface area (Å²) in [5, 5.41) is 3.07. The molecule has 1 aromatic heterocycles. The number of benzene rings is 2. The van der Waals surface area contributed by atoms with E-state index in [0.717, 1.165) is 41.6 Å². The lowest BCUT2D eigenvalue weighted by Crippen LogP contribution is -2.48. The lowest BCUT2D eigenvalue weighted by Gasteiger charge is -2.37. The van der Waals surface area contributed by atoms with Gasteiger partial charge in [-0.3, -0.25) is 4.98 Å². The van der Waals surface area contributed by atoms with E-state index < -0.39 is 15.4 Å². The zero-order chi connectivity index (χ0) is 25.7. The minimum atomic E-state index is -3.39. The standard InChI is InChI=1S/C27H32N4O4S/c1-27(2,3)35-26(32)30-14-11-20(12-15-30)31-17-19-16-18(7-9-23(19)29-31)21-8-10-24(36(4,33)34)25-22(21)6-5-13-28-25/h5-10,13,16,20,29H,11-12,14-15,17H2,1-4H3. The van der Waals surface area contributed by atoms with Crippen molar-refractivity contribution in [3.05, 3.63) is 54.2 Å². The van der Waals surface area contributed by atoms with Crippen molar-refractivity contribution in [3.8, 4) is 11.1 Å². The third kappa shape index (κ3) is 4.90. The van der Waals surface area contributed by atoms with E-state index >= 15 is 0 Å². The van der Waals surface area contributed by atoms with E-state index in [1.165, 1.54) is 11.8 Å². The lowest BCUT2D eigenvalue weighted by atomic mass is 9.98. The fourth-order valence-electron chi connectivity index (χ4n) is 4.98. The van der Waals surface area contributed by atoms with Crippen molar-refractivity contribution >= 4 is 32.5 Å². The van der Waals surface area contributed by atoms with Crippen LogP contribution in [0.25, 0.3) is 22.0 Å². The molecule has 0 bridgehead atoms. The van der Waals surface area contributed by atoms with Crippen LogP contribution in [0.4, 0.5) is 10.5 Å². The number of nitrogens with one attached hydrogen (secondary N) is 1. The van der Waals surface area contributed by atoms with Crippen molar-refractivity contribution in [2.75, 3.05) is 24.8 Å². The van der Waals surface area contributed by atoms with Gasteiger partial charge in [0.2, 0.25) is 0 Å². The molecule has 5 rings (SSSR count). The number of fused-ring (bicyclic) bond motifs is 2. The van der Waals surface area contributed by atoms with Crippen LogP contribution in [-0.2, 0) is 21.1 Å². The Labute approximate surface area is 212 Å². The van der Waals surface area contributed by atoms with E-state index in [1.54, 1.807) is 17.2 Å². The summed E-state index contributed by atoms with van der Waals surface area (Å²) in [6.45, 7) is 7.76. The van der Waals surface area contributed by atoms with Gasteiger partial charge in [-0.25, -0.2) is 18.2 Å². The molecule has 36 heavy (non-hydrogen) atoms. The number of nitrogens with zero attached hydrogens (tertiary/aromatic N) is 3. The van der Waals surface area contributed by atoms with E-state index in [2.05, 4.69) is 33.6 Å². The molecule has 2 aliphatic rings. The number of hydrazine groups is 1. The van der Waals surface area contributed by atoms with Gasteiger partial charge in [0.15, 0.2) is 9.84 Å². The number of piperidine rings is 1. The van der Waals surface area contributed by atoms with Crippen LogP contribution in [0.2, 0.25) is 0 Å². The highest BCUT2D eigenvalue weighted by Crippen LogP contribution is 2.36. The molecule has 0 radical (unpaired) electrons. The summed E-state index contributed by atoms with van der Waals surface area (Å²) in [6, 6.07) is 13.9. The predicted molar refractivity (Wildman–Crippen MR) is 140 cm³/mol. The van der Waals surface area contributed by atoms with Gasteiger partial charge >= 0.3 is 6.09 Å². The number of carbonyl (C=O) groups excluding carboxylic acids is 1. The van der Waals surface area contributed by atoms with Crippen molar-refractivity contribution in [3.63, 3.8) is 0 Å². The lowest BCUT2D eigenvalue weighted by molar-refractivity contribution is 0.0156. The van der Waals surface area contributed by atoms with Crippen LogP contribution in [0.1, 0.15) is 39.2 Å². The second-order valence-electron chi connectivity index (χ2n) is 10.6. The number of aromatic nitrogens is 1. The van der Waals surface area contributed by atoms with E-state index in [4.69, 9.17) is 4.74 Å². The van der Waals surface area contributed by atoms with Crippen LogP contribution in [0.3, 0.4) is 0 Å². The SMILES string of the molecule is CC(C)(C)OC(=O)N1CCC(N2Cc3cc(-c4ccc(S(C)(=O)=O)c5ncccc45)ccc3N2)CC1. The molecular weight excluding hydrogens is 476 g/mol. The molecule has 8 nitrogen and oxygen atoms in total. The van der Waals surface area contributed by atoms with Gasteiger partial charge in [-0.15, -0.1) is 0 Å². The number of hydrogen-bond acceptors (Lipinski definition) is 7. The van der Waals surface area contributed by atoms with Crippen LogP contribution in [0.15, 0.2) is 53.6 Å². The number of rotatable bonds is 3. The number of ether oxygens (including phenoxy) is 1. The quantitative estimate of drug-likeness (QED) is 0.541. The molecule has 190 valence electrons. The molecule has 0 spiro atoms. The molecule has 0 aliphatic carbocycles. The molecule has 1 amide bonds. The van der Waals surface area contributed by atoms with Gasteiger partial charge in [0.05, 0.1) is 16.1 Å². The van der Waals surface area contributed by atoms with E-state index in [0.29, 0.717) is 24.6 Å². The largest absolute Gasteiger partial charge is 0.444 e. The minimum absolute atomic E-state index is 0.244. The monoisotopic (exact) mass is 508 g/mol. The van der Waals surface area contributed by atoms with Gasteiger partial charge in [-0.2, -0.15) is 0 Å². The molecule has 0 unspecified atom stereocenters. The zero-order valence-electron chi connectivity index (χ0n) is 21.1. The highest BCUT2D eigenvalue weighted by atomic mass is 32.2. The molecule has 1 saturated heterocycles. The first kappa shape index (κ1) is 24.5. The number of carbonyl (C=O) groups is 1. The second-order valence-corrected chi connectivity index (χ2v) is 12.6. The molecule has 2 aromatic carbocycles. The van der Waals surface area contributed by atoms with Crippen LogP contribution < -0.4 is 5.43 Å². The van der Waals surface area contributed by atoms with E-state index in [1.807, 2.05) is 39.0 Å². The van der Waals surface area contributed by atoms with Gasteiger partial charge in [0.25, 0.3) is 0 Å². The number of anilines is 1. The Hall–Kier alpha value is -3.17. The third-order valence-corrected chi connectivity index (χ3v) is 7.84. The number of likely N-dealkylation sites (tertiary alicyclic amines) is 1. The summed E-state index contributed by atoms with van der Waals surface area (Å²) in [6.07, 6.45) is 4.34. The van der Waals surface area contributed by atoms with Gasteiger partial charge in [-0.1, -0.05) is 18.2 Å². The van der Waals surface area contributed by atoms with Crippen LogP contribution in [0.5, 0.6) is 0 Å². The fourth-order valence-corrected chi connectivity index (χ4v) is 5.81. The molecule has 1 fully saturated rings. The molecule has 3 heterocycles. The Morgan fingerprint density at radius 2 is 1.86 bits per heavy atom. The average Bonchev–Trinajstić information content (AvgIpc) is 3.25. The second kappa shape index (κ2) is 9.05. The Bertz CT molecular complexity index is 1420. The molecule has 2 aliphatic heterocycles. The van der Waals surface area contributed by atoms with Gasteiger partial charge < -0.3 is 15.1 Å². The minimum Gasteiger partial charge on any atom is -0.444 e. The van der Waals surface area contributed by atoms with Crippen LogP contribution in [-0.4, -0.2) is 60.4 Å². The number of amides is 1. The van der Waals surface area contributed by atoms with Crippen LogP contribution >= 0.6 is 0 Å². The van der Waals surface area contributed by atoms with Crippen molar-refractivity contribution in [1.82, 2.24) is 14.9 Å². The number of hydrogen-bond donors (Lipinski definition) is 1. The summed E-state index contributed by atoms with van der Waals surface area (Å²) < 4.78 is 30.1. The van der Waals surface area contributed by atoms with Crippen molar-refractivity contribution < 1.29 is 17.9 Å². The molecule has 0 atom stereocenters. The van der Waals surface area contributed by atoms with Crippen LogP contribution in [0, 0.1) is 0 Å². The Balaban J connectivity index is 1.33. The summed E-state index contributed by atoms with van der Waals surface area (Å²) in [7, 11) is -3.39. The highest BCUT2D eigenvalue weighted by molar-refractivity contribution is 7.91. The smallest absolute Gasteiger partial charge is 0.410 e. The predicted octanol–water partition coefficient (Wildman–Crippen LogP) is 4.85. The third-order valence-electron chi connectivity index (χ3n) is 6.71. The maximum Gasteiger partial charge on any atom is 0.410 e. The summed E-state index contributed by atoms with van der Waals surface area (Å²) >= 11 is 0. The summed E-state index contributed by atoms with van der Waals surface area (Å²) in [5.41, 5.74) is 7.78. The van der Waals surface area contributed by atoms with Gasteiger partial charge in [0, 0.05) is 43.5 Å². The number of pyridine rings is 1. The molecule has 1 N–H and O–H groups in total. The molecular formula is C27H32N4O4S. The van der Waals surface area contributed by atoms with Crippen molar-refractivity contribution in [2.24, 2.45) is 0 Å². The first-order chi connectivity index (χ1) is 17.0. The Kier molecular flexibility index (Phi) is 6.16. The molecule has 0 saturated carbocycles. The zero-order valence-corrected chi connectivity index (χ0v) is 21.9. The van der Waals surface area contributed by atoms with Gasteiger partial charge in [-0.05, 0) is 74.6 Å². The Morgan fingerprint density at radius 1 is 1.11 bits per heavy atom. The first-order valence-corrected chi connectivity index (χ1v) is 14.1. The van der Waals surface area contributed by atoms with E-state index in [-0.39, 0.29) is 11.0 Å². The highest BCUT2D eigenvalue weighted by Gasteiger charge is 2.32. The fraction of sp³-hybridized carbons (Fsp3) is 0.407. The Morgan fingerprint density at radius 3 is 2.56 bits per heavy atom. The average molecular weight is 509 g/mol. The molecule has 3 aromatic rings. The normalized spacial score (nSPS) is 17.2. The summed E-state index contributed by atoms with van der Waals surface area (Å²) in [4.78, 5) is 18.8. The first-order valence-electron chi connectivity index (χ1n) is 12.2. The maximum absolute atomic E-state index is 12.4. The van der Waals surface area contributed by atoms with Gasteiger partial charge in [0.1, 0.15) is 5.60 Å². The summed E-state index contributed by atoms with van der Waals surface area (Å²) in [5.74, 6) is 0. The van der Waals surface area contributed by atoms with E-state index in [9.17, 15) is 13.2 Å². The maximum atomic E-state index is 12.4. The van der Waals surface area contributed by atoms with Crippen molar-refractivity contribution in [1.29, 1.82) is 0 Å².